The van der Waals surface area contributed by atoms with E-state index in [9.17, 15) is 0 Å². The molecule has 2 rings (SSSR count). The molecule has 0 saturated carbocycles. The molecular weight excluding hydrogens is 293 g/mol. The molecule has 1 aromatic heterocycles. The number of ether oxygens (including phenoxy) is 1. The highest BCUT2D eigenvalue weighted by atomic mass is 35.5. The van der Waals surface area contributed by atoms with Gasteiger partial charge in [0.05, 0.1) is 5.02 Å². The Labute approximate surface area is 129 Å². The van der Waals surface area contributed by atoms with Gasteiger partial charge in [-0.2, -0.15) is 0 Å². The van der Waals surface area contributed by atoms with Gasteiger partial charge < -0.3 is 4.74 Å². The van der Waals surface area contributed by atoms with E-state index in [2.05, 4.69) is 31.8 Å². The summed E-state index contributed by atoms with van der Waals surface area (Å²) >= 11 is 11.9. The van der Waals surface area contributed by atoms with Gasteiger partial charge in [-0.1, -0.05) is 62.2 Å². The Bertz CT molecular complexity index is 606. The summed E-state index contributed by atoms with van der Waals surface area (Å²) in [5.74, 6) is 0.867. The number of benzene rings is 1. The molecule has 0 amide bonds. The van der Waals surface area contributed by atoms with Crippen LogP contribution >= 0.6 is 23.2 Å². The molecule has 0 N–H and O–H groups in total. The molecule has 0 saturated heterocycles. The lowest BCUT2D eigenvalue weighted by Crippen LogP contribution is -2.13. The minimum absolute atomic E-state index is 0.0264. The Morgan fingerprint density at radius 2 is 1.85 bits per heavy atom. The standard InChI is InChI=1S/C16H17Cl2NO/c1-16(2,3)12-6-4-5-7-14(12)20-10-11-9-19-15(18)8-13(11)17/h4-9H,10H2,1-3H3. The van der Waals surface area contributed by atoms with Gasteiger partial charge in [0.2, 0.25) is 0 Å². The number of aromatic nitrogens is 1. The van der Waals surface area contributed by atoms with E-state index in [0.29, 0.717) is 16.8 Å². The average molecular weight is 310 g/mol. The third-order valence-corrected chi connectivity index (χ3v) is 3.53. The van der Waals surface area contributed by atoms with Crippen molar-refractivity contribution in [1.29, 1.82) is 0 Å². The molecule has 0 atom stereocenters. The molecule has 2 aromatic rings. The molecule has 0 aliphatic heterocycles. The van der Waals surface area contributed by atoms with Gasteiger partial charge in [0.25, 0.3) is 0 Å². The zero-order chi connectivity index (χ0) is 14.8. The molecule has 20 heavy (non-hydrogen) atoms. The topological polar surface area (TPSA) is 22.1 Å². The summed E-state index contributed by atoms with van der Waals surface area (Å²) in [6.07, 6.45) is 1.64. The molecule has 1 heterocycles. The smallest absolute Gasteiger partial charge is 0.130 e. The Kier molecular flexibility index (Phi) is 4.56. The third kappa shape index (κ3) is 3.65. The van der Waals surface area contributed by atoms with Gasteiger partial charge in [-0.3, -0.25) is 0 Å². The lowest BCUT2D eigenvalue weighted by Gasteiger charge is -2.22. The number of para-hydroxylation sites is 1. The van der Waals surface area contributed by atoms with Crippen molar-refractivity contribution in [2.45, 2.75) is 32.8 Å². The van der Waals surface area contributed by atoms with Crippen molar-refractivity contribution in [3.8, 4) is 5.75 Å². The largest absolute Gasteiger partial charge is 0.488 e. The van der Waals surface area contributed by atoms with Crippen molar-refractivity contribution >= 4 is 23.2 Å². The fourth-order valence-corrected chi connectivity index (χ4v) is 2.33. The summed E-state index contributed by atoms with van der Waals surface area (Å²) in [6, 6.07) is 9.66. The fraction of sp³-hybridized carbons (Fsp3) is 0.312. The van der Waals surface area contributed by atoms with Crippen LogP contribution in [-0.2, 0) is 12.0 Å². The quantitative estimate of drug-likeness (QED) is 0.721. The molecule has 2 nitrogen and oxygen atoms in total. The molecular formula is C16H17Cl2NO. The predicted molar refractivity (Wildman–Crippen MR) is 83.7 cm³/mol. The second kappa shape index (κ2) is 6.02. The van der Waals surface area contributed by atoms with Crippen LogP contribution in [0.15, 0.2) is 36.5 Å². The Morgan fingerprint density at radius 1 is 1.15 bits per heavy atom. The molecule has 106 valence electrons. The van der Waals surface area contributed by atoms with Gasteiger partial charge in [-0.05, 0) is 23.1 Å². The van der Waals surface area contributed by atoms with Crippen LogP contribution in [0.2, 0.25) is 10.2 Å². The highest BCUT2D eigenvalue weighted by Crippen LogP contribution is 2.31. The third-order valence-electron chi connectivity index (χ3n) is 2.97. The molecule has 0 fully saturated rings. The van der Waals surface area contributed by atoms with Gasteiger partial charge in [-0.25, -0.2) is 4.98 Å². The van der Waals surface area contributed by atoms with E-state index >= 15 is 0 Å². The van der Waals surface area contributed by atoms with Gasteiger partial charge in [0.1, 0.15) is 17.5 Å². The molecule has 0 unspecified atom stereocenters. The summed E-state index contributed by atoms with van der Waals surface area (Å²) in [5.41, 5.74) is 2.01. The van der Waals surface area contributed by atoms with E-state index in [1.807, 2.05) is 18.2 Å². The number of pyridine rings is 1. The van der Waals surface area contributed by atoms with Crippen molar-refractivity contribution in [2.75, 3.05) is 0 Å². The minimum atomic E-state index is 0.0264. The van der Waals surface area contributed by atoms with Gasteiger partial charge in [0.15, 0.2) is 0 Å². The minimum Gasteiger partial charge on any atom is -0.488 e. The highest BCUT2D eigenvalue weighted by Gasteiger charge is 2.18. The average Bonchev–Trinajstić information content (AvgIpc) is 2.37. The van der Waals surface area contributed by atoms with E-state index in [-0.39, 0.29) is 5.41 Å². The maximum atomic E-state index is 6.12. The van der Waals surface area contributed by atoms with Crippen LogP contribution in [0.4, 0.5) is 0 Å². The maximum absolute atomic E-state index is 6.12. The van der Waals surface area contributed by atoms with E-state index in [1.54, 1.807) is 12.3 Å². The molecule has 0 aliphatic rings. The Hall–Kier alpha value is -1.25. The monoisotopic (exact) mass is 309 g/mol. The first-order valence-corrected chi connectivity index (χ1v) is 7.16. The van der Waals surface area contributed by atoms with Gasteiger partial charge in [-0.15, -0.1) is 0 Å². The van der Waals surface area contributed by atoms with E-state index in [1.165, 1.54) is 0 Å². The predicted octanol–water partition coefficient (Wildman–Crippen LogP) is 5.26. The molecule has 4 heteroatoms. The lowest BCUT2D eigenvalue weighted by molar-refractivity contribution is 0.297. The second-order valence-corrected chi connectivity index (χ2v) is 6.43. The van der Waals surface area contributed by atoms with Crippen LogP contribution in [0.1, 0.15) is 31.9 Å². The lowest BCUT2D eigenvalue weighted by atomic mass is 9.86. The molecule has 0 spiro atoms. The van der Waals surface area contributed by atoms with Crippen LogP contribution in [0, 0.1) is 0 Å². The zero-order valence-electron chi connectivity index (χ0n) is 11.8. The van der Waals surface area contributed by atoms with Crippen molar-refractivity contribution in [2.24, 2.45) is 0 Å². The number of halogens is 2. The maximum Gasteiger partial charge on any atom is 0.130 e. The first-order valence-electron chi connectivity index (χ1n) is 6.40. The van der Waals surface area contributed by atoms with Crippen LogP contribution in [0.3, 0.4) is 0 Å². The van der Waals surface area contributed by atoms with Crippen molar-refractivity contribution < 1.29 is 4.74 Å². The molecule has 0 radical (unpaired) electrons. The van der Waals surface area contributed by atoms with Crippen molar-refractivity contribution in [3.05, 3.63) is 57.8 Å². The van der Waals surface area contributed by atoms with Crippen LogP contribution in [0.25, 0.3) is 0 Å². The van der Waals surface area contributed by atoms with Crippen LogP contribution in [-0.4, -0.2) is 4.98 Å². The molecule has 0 bridgehead atoms. The second-order valence-electron chi connectivity index (χ2n) is 5.63. The summed E-state index contributed by atoms with van der Waals surface area (Å²) in [7, 11) is 0. The Morgan fingerprint density at radius 3 is 2.50 bits per heavy atom. The van der Waals surface area contributed by atoms with Crippen LogP contribution < -0.4 is 4.74 Å². The normalized spacial score (nSPS) is 11.4. The van der Waals surface area contributed by atoms with Gasteiger partial charge in [0, 0.05) is 11.8 Å². The first kappa shape index (κ1) is 15.1. The van der Waals surface area contributed by atoms with Gasteiger partial charge >= 0.3 is 0 Å². The summed E-state index contributed by atoms with van der Waals surface area (Å²) in [6.45, 7) is 6.85. The number of rotatable bonds is 3. The zero-order valence-corrected chi connectivity index (χ0v) is 13.3. The highest BCUT2D eigenvalue weighted by molar-refractivity contribution is 6.34. The number of hydrogen-bond donors (Lipinski definition) is 0. The summed E-state index contributed by atoms with van der Waals surface area (Å²) in [4.78, 5) is 4.02. The Balaban J connectivity index is 2.19. The number of hydrogen-bond acceptors (Lipinski definition) is 2. The first-order chi connectivity index (χ1) is 9.38. The van der Waals surface area contributed by atoms with E-state index in [0.717, 1.165) is 16.9 Å². The SMILES string of the molecule is CC(C)(C)c1ccccc1OCc1cnc(Cl)cc1Cl. The van der Waals surface area contributed by atoms with Crippen molar-refractivity contribution in [1.82, 2.24) is 4.98 Å². The summed E-state index contributed by atoms with van der Waals surface area (Å²) < 4.78 is 5.90. The number of nitrogens with zero attached hydrogens (tertiary/aromatic N) is 1. The van der Waals surface area contributed by atoms with Crippen molar-refractivity contribution in [3.63, 3.8) is 0 Å². The van der Waals surface area contributed by atoms with E-state index in [4.69, 9.17) is 27.9 Å². The fourth-order valence-electron chi connectivity index (χ4n) is 1.91. The molecule has 0 aliphatic carbocycles. The van der Waals surface area contributed by atoms with Crippen LogP contribution in [0.5, 0.6) is 5.75 Å². The van der Waals surface area contributed by atoms with E-state index < -0.39 is 0 Å². The molecule has 1 aromatic carbocycles. The summed E-state index contributed by atoms with van der Waals surface area (Å²) in [5, 5.41) is 0.951.